The van der Waals surface area contributed by atoms with E-state index in [0.717, 1.165) is 18.3 Å². The molecule has 0 amide bonds. The summed E-state index contributed by atoms with van der Waals surface area (Å²) in [7, 11) is -3.85. The molecule has 1 heterocycles. The number of hydrogen-bond acceptors (Lipinski definition) is 6. The van der Waals surface area contributed by atoms with Crippen LogP contribution in [0.5, 0.6) is 0 Å². The largest absolute Gasteiger partial charge is 0.389 e. The normalized spacial score (nSPS) is 14.8. The Labute approximate surface area is 117 Å². The average Bonchev–Trinajstić information content (AvgIpc) is 2.37. The predicted molar refractivity (Wildman–Crippen MR) is 71.6 cm³/mol. The number of aromatic nitrogens is 1. The Morgan fingerprint density at radius 2 is 2.15 bits per heavy atom. The minimum Gasteiger partial charge on any atom is -0.389 e. The maximum absolute atomic E-state index is 11.9. The number of pyridine rings is 1. The molecule has 9 heteroatoms. The molecule has 1 unspecified atom stereocenters. The first-order valence-corrected chi connectivity index (χ1v) is 7.49. The first-order valence-electron chi connectivity index (χ1n) is 6.00. The summed E-state index contributed by atoms with van der Waals surface area (Å²) in [5.74, 6) is -0.429. The van der Waals surface area contributed by atoms with Gasteiger partial charge in [0.1, 0.15) is 4.90 Å². The van der Waals surface area contributed by atoms with Crippen LogP contribution >= 0.6 is 0 Å². The van der Waals surface area contributed by atoms with Crippen molar-refractivity contribution in [2.45, 2.75) is 37.2 Å². The van der Waals surface area contributed by atoms with Gasteiger partial charge in [-0.25, -0.2) is 13.1 Å². The van der Waals surface area contributed by atoms with Gasteiger partial charge >= 0.3 is 5.82 Å². The summed E-state index contributed by atoms with van der Waals surface area (Å²) in [5, 5.41) is 20.3. The molecule has 0 radical (unpaired) electrons. The Bertz CT molecular complexity index is 568. The molecule has 0 fully saturated rings. The van der Waals surface area contributed by atoms with Crippen molar-refractivity contribution in [2.24, 2.45) is 0 Å². The van der Waals surface area contributed by atoms with E-state index in [-0.39, 0.29) is 11.4 Å². The molecular weight excluding hydrogens is 286 g/mol. The van der Waals surface area contributed by atoms with Gasteiger partial charge in [-0.05, 0) is 29.3 Å². The summed E-state index contributed by atoms with van der Waals surface area (Å²) in [6.07, 6.45) is 2.08. The third-order valence-corrected chi connectivity index (χ3v) is 4.04. The number of nitrogens with one attached hydrogen (secondary N) is 1. The number of aliphatic hydroxyl groups is 1. The molecule has 0 aliphatic heterocycles. The topological polar surface area (TPSA) is 122 Å². The van der Waals surface area contributed by atoms with Crippen LogP contribution in [-0.4, -0.2) is 35.6 Å². The molecule has 2 N–H and O–H groups in total. The molecule has 0 saturated heterocycles. The first-order chi connectivity index (χ1) is 9.18. The molecule has 1 rings (SSSR count). The van der Waals surface area contributed by atoms with Crippen molar-refractivity contribution in [3.63, 3.8) is 0 Å². The van der Waals surface area contributed by atoms with E-state index in [1.165, 1.54) is 6.92 Å². The quantitative estimate of drug-likeness (QED) is 0.568. The third kappa shape index (κ3) is 4.51. The van der Waals surface area contributed by atoms with Gasteiger partial charge in [-0.15, -0.1) is 0 Å². The smallest absolute Gasteiger partial charge is 0.363 e. The summed E-state index contributed by atoms with van der Waals surface area (Å²) in [6.45, 7) is 3.27. The van der Waals surface area contributed by atoms with Crippen molar-refractivity contribution in [1.82, 2.24) is 9.71 Å². The van der Waals surface area contributed by atoms with Gasteiger partial charge in [0.25, 0.3) is 0 Å². The lowest BCUT2D eigenvalue weighted by Crippen LogP contribution is -2.40. The van der Waals surface area contributed by atoms with Crippen LogP contribution < -0.4 is 4.72 Å². The van der Waals surface area contributed by atoms with Crippen molar-refractivity contribution in [3.8, 4) is 0 Å². The molecule has 112 valence electrons. The highest BCUT2D eigenvalue weighted by Gasteiger charge is 2.24. The van der Waals surface area contributed by atoms with Crippen molar-refractivity contribution < 1.29 is 18.4 Å². The van der Waals surface area contributed by atoms with Gasteiger partial charge in [0.15, 0.2) is 6.20 Å². The molecule has 1 atom stereocenters. The molecule has 20 heavy (non-hydrogen) atoms. The summed E-state index contributed by atoms with van der Waals surface area (Å²) in [6, 6.07) is 2.11. The average molecular weight is 303 g/mol. The van der Waals surface area contributed by atoms with E-state index in [2.05, 4.69) is 9.71 Å². The fraction of sp³-hybridized carbons (Fsp3) is 0.545. The highest BCUT2D eigenvalue weighted by atomic mass is 32.2. The Morgan fingerprint density at radius 3 is 2.60 bits per heavy atom. The molecular formula is C11H17N3O5S. The van der Waals surface area contributed by atoms with E-state index < -0.39 is 26.4 Å². The van der Waals surface area contributed by atoms with Gasteiger partial charge in [0.05, 0.1) is 5.60 Å². The predicted octanol–water partition coefficient (Wildman–Crippen LogP) is 0.819. The van der Waals surface area contributed by atoms with Crippen LogP contribution in [0.4, 0.5) is 5.82 Å². The molecule has 0 bridgehead atoms. The van der Waals surface area contributed by atoms with Crippen LogP contribution in [0.15, 0.2) is 23.2 Å². The van der Waals surface area contributed by atoms with E-state index in [1.54, 1.807) is 0 Å². The first kappa shape index (κ1) is 16.5. The zero-order chi connectivity index (χ0) is 15.4. The Hall–Kier alpha value is -1.58. The van der Waals surface area contributed by atoms with Gasteiger partial charge in [-0.1, -0.05) is 13.3 Å². The van der Waals surface area contributed by atoms with Gasteiger partial charge < -0.3 is 15.2 Å². The highest BCUT2D eigenvalue weighted by Crippen LogP contribution is 2.14. The fourth-order valence-corrected chi connectivity index (χ4v) is 2.71. The Morgan fingerprint density at radius 1 is 1.50 bits per heavy atom. The van der Waals surface area contributed by atoms with Crippen LogP contribution in [0.1, 0.15) is 26.7 Å². The van der Waals surface area contributed by atoms with E-state index in [1.807, 2.05) is 6.92 Å². The highest BCUT2D eigenvalue weighted by molar-refractivity contribution is 7.89. The lowest BCUT2D eigenvalue weighted by molar-refractivity contribution is -0.389. The standard InChI is InChI=1S/C11H17N3O5S/c1-3-6-11(2,15)8-13-20(18,19)9-4-5-10(12-7-9)14(16)17/h4-5,7,13,15H,3,6,8H2,1-2H3. The zero-order valence-electron chi connectivity index (χ0n) is 11.2. The second kappa shape index (κ2) is 6.25. The van der Waals surface area contributed by atoms with E-state index >= 15 is 0 Å². The van der Waals surface area contributed by atoms with Gasteiger partial charge in [-0.2, -0.15) is 0 Å². The summed E-state index contributed by atoms with van der Waals surface area (Å²) < 4.78 is 26.1. The van der Waals surface area contributed by atoms with Gasteiger partial charge in [0.2, 0.25) is 10.0 Å². The second-order valence-electron chi connectivity index (χ2n) is 4.68. The van der Waals surface area contributed by atoms with Gasteiger partial charge in [0, 0.05) is 12.6 Å². The SMILES string of the molecule is CCCC(C)(O)CNS(=O)(=O)c1ccc([N+](=O)[O-])nc1. The van der Waals surface area contributed by atoms with E-state index in [4.69, 9.17) is 0 Å². The van der Waals surface area contributed by atoms with Crippen LogP contribution in [0.2, 0.25) is 0 Å². The summed E-state index contributed by atoms with van der Waals surface area (Å²) in [4.78, 5) is 13.0. The third-order valence-electron chi connectivity index (χ3n) is 2.65. The molecule has 0 aliphatic rings. The van der Waals surface area contributed by atoms with Crippen molar-refractivity contribution in [2.75, 3.05) is 6.54 Å². The fourth-order valence-electron chi connectivity index (χ4n) is 1.60. The molecule has 8 nitrogen and oxygen atoms in total. The molecule has 1 aromatic rings. The molecule has 0 saturated carbocycles. The number of nitrogens with zero attached hydrogens (tertiary/aromatic N) is 2. The van der Waals surface area contributed by atoms with Crippen LogP contribution in [0.25, 0.3) is 0 Å². The summed E-state index contributed by atoms with van der Waals surface area (Å²) in [5.41, 5.74) is -1.14. The summed E-state index contributed by atoms with van der Waals surface area (Å²) >= 11 is 0. The minimum absolute atomic E-state index is 0.139. The minimum atomic E-state index is -3.85. The number of rotatable bonds is 7. The van der Waals surface area contributed by atoms with E-state index in [9.17, 15) is 23.6 Å². The van der Waals surface area contributed by atoms with Gasteiger partial charge in [-0.3, -0.25) is 0 Å². The Kier molecular flexibility index (Phi) is 5.15. The van der Waals surface area contributed by atoms with Crippen molar-refractivity contribution in [1.29, 1.82) is 0 Å². The lowest BCUT2D eigenvalue weighted by atomic mass is 10.0. The molecule has 0 spiro atoms. The number of hydrogen-bond donors (Lipinski definition) is 2. The molecule has 1 aromatic heterocycles. The van der Waals surface area contributed by atoms with Crippen molar-refractivity contribution >= 4 is 15.8 Å². The van der Waals surface area contributed by atoms with Crippen LogP contribution in [0, 0.1) is 10.1 Å². The van der Waals surface area contributed by atoms with Crippen LogP contribution in [0.3, 0.4) is 0 Å². The Balaban J connectivity index is 2.81. The number of nitro groups is 1. The maximum Gasteiger partial charge on any atom is 0.363 e. The molecule has 0 aliphatic carbocycles. The van der Waals surface area contributed by atoms with E-state index in [0.29, 0.717) is 12.8 Å². The maximum atomic E-state index is 11.9. The monoisotopic (exact) mass is 303 g/mol. The second-order valence-corrected chi connectivity index (χ2v) is 6.45. The molecule has 0 aromatic carbocycles. The van der Waals surface area contributed by atoms with Crippen molar-refractivity contribution in [3.05, 3.63) is 28.4 Å². The number of sulfonamides is 1. The van der Waals surface area contributed by atoms with Crippen LogP contribution in [-0.2, 0) is 10.0 Å². The zero-order valence-corrected chi connectivity index (χ0v) is 12.1. The lowest BCUT2D eigenvalue weighted by Gasteiger charge is -2.22.